The van der Waals surface area contributed by atoms with Crippen LogP contribution >= 0.6 is 15.9 Å². The van der Waals surface area contributed by atoms with Gasteiger partial charge in [-0.25, -0.2) is 0 Å². The molecule has 1 heterocycles. The monoisotopic (exact) mass is 269 g/mol. The number of hydrogen-bond donors (Lipinski definition) is 1. The summed E-state index contributed by atoms with van der Waals surface area (Å²) in [7, 11) is 0. The second-order valence-corrected chi connectivity index (χ2v) is 3.25. The van der Waals surface area contributed by atoms with E-state index in [1.165, 1.54) is 12.3 Å². The molecule has 0 saturated carbocycles. The zero-order chi connectivity index (χ0) is 10.8. The van der Waals surface area contributed by atoms with E-state index in [1.807, 2.05) is 0 Å². The number of nitrogens with zero attached hydrogens (tertiary/aromatic N) is 1. The topological polar surface area (TPSA) is 33.1 Å². The van der Waals surface area contributed by atoms with Crippen molar-refractivity contribution in [2.75, 3.05) is 5.33 Å². The molecular formula is C8H7BrF3NO. The highest BCUT2D eigenvalue weighted by Crippen LogP contribution is 2.33. The van der Waals surface area contributed by atoms with Crippen molar-refractivity contribution in [1.82, 2.24) is 4.98 Å². The van der Waals surface area contributed by atoms with Crippen LogP contribution in [0.1, 0.15) is 17.4 Å². The fourth-order valence-electron chi connectivity index (χ4n) is 0.996. The van der Waals surface area contributed by atoms with Crippen LogP contribution in [0.3, 0.4) is 0 Å². The largest absolute Gasteiger partial charge is 0.418 e. The highest BCUT2D eigenvalue weighted by Gasteiger charge is 2.35. The molecule has 2 nitrogen and oxygen atoms in total. The van der Waals surface area contributed by atoms with E-state index in [1.54, 1.807) is 0 Å². The highest BCUT2D eigenvalue weighted by molar-refractivity contribution is 9.09. The van der Waals surface area contributed by atoms with Crippen LogP contribution in [0.25, 0.3) is 0 Å². The Balaban J connectivity index is 3.16. The molecule has 1 atom stereocenters. The Kier molecular flexibility index (Phi) is 3.49. The molecule has 14 heavy (non-hydrogen) atoms. The van der Waals surface area contributed by atoms with Crippen LogP contribution in [-0.4, -0.2) is 15.4 Å². The summed E-state index contributed by atoms with van der Waals surface area (Å²) in [5, 5.41) is 9.28. The fourth-order valence-corrected chi connectivity index (χ4v) is 1.30. The van der Waals surface area contributed by atoms with E-state index < -0.39 is 17.8 Å². The van der Waals surface area contributed by atoms with E-state index in [0.29, 0.717) is 0 Å². The number of aliphatic hydroxyl groups is 1. The summed E-state index contributed by atoms with van der Waals surface area (Å²) in [4.78, 5) is 3.52. The molecule has 6 heteroatoms. The lowest BCUT2D eigenvalue weighted by Crippen LogP contribution is -2.14. The maximum atomic E-state index is 12.4. The van der Waals surface area contributed by atoms with Crippen LogP contribution in [0.4, 0.5) is 13.2 Å². The first kappa shape index (κ1) is 11.5. The molecule has 0 aliphatic rings. The Bertz CT molecular complexity index is 316. The van der Waals surface area contributed by atoms with Crippen molar-refractivity contribution >= 4 is 15.9 Å². The summed E-state index contributed by atoms with van der Waals surface area (Å²) in [6.07, 6.45) is -4.50. The summed E-state index contributed by atoms with van der Waals surface area (Å²) in [5.74, 6) is 0. The number of rotatable bonds is 2. The maximum Gasteiger partial charge on any atom is 0.418 e. The SMILES string of the molecule is O[C@@H](CBr)c1ncccc1C(F)(F)F. The van der Waals surface area contributed by atoms with Gasteiger partial charge in [0.05, 0.1) is 11.3 Å². The number of alkyl halides is 4. The second-order valence-electron chi connectivity index (χ2n) is 2.60. The molecule has 1 N–H and O–H groups in total. The number of halogens is 4. The third kappa shape index (κ3) is 2.45. The summed E-state index contributed by atoms with van der Waals surface area (Å²) >= 11 is 2.90. The second kappa shape index (κ2) is 4.27. The number of hydrogen-bond acceptors (Lipinski definition) is 2. The van der Waals surface area contributed by atoms with E-state index in [0.717, 1.165) is 6.07 Å². The smallest absolute Gasteiger partial charge is 0.386 e. The van der Waals surface area contributed by atoms with Gasteiger partial charge in [-0.1, -0.05) is 15.9 Å². The van der Waals surface area contributed by atoms with E-state index in [-0.39, 0.29) is 11.0 Å². The molecule has 0 fully saturated rings. The van der Waals surface area contributed by atoms with E-state index in [2.05, 4.69) is 20.9 Å². The quantitative estimate of drug-likeness (QED) is 0.838. The van der Waals surface area contributed by atoms with E-state index in [4.69, 9.17) is 0 Å². The van der Waals surface area contributed by atoms with Gasteiger partial charge in [0.15, 0.2) is 0 Å². The van der Waals surface area contributed by atoms with E-state index in [9.17, 15) is 18.3 Å². The van der Waals surface area contributed by atoms with Crippen molar-refractivity contribution in [1.29, 1.82) is 0 Å². The van der Waals surface area contributed by atoms with Crippen molar-refractivity contribution in [3.8, 4) is 0 Å². The van der Waals surface area contributed by atoms with Gasteiger partial charge in [0, 0.05) is 11.5 Å². The Hall–Kier alpha value is -0.620. The predicted octanol–water partition coefficient (Wildman–Crippen LogP) is 2.53. The molecule has 1 aromatic heterocycles. The Morgan fingerprint density at radius 3 is 2.64 bits per heavy atom. The lowest BCUT2D eigenvalue weighted by Gasteiger charge is -2.14. The highest BCUT2D eigenvalue weighted by atomic mass is 79.9. The predicted molar refractivity (Wildman–Crippen MR) is 48.0 cm³/mol. The summed E-state index contributed by atoms with van der Waals surface area (Å²) in [6.45, 7) is 0. The minimum atomic E-state index is -4.48. The van der Waals surface area contributed by atoms with Crippen LogP contribution in [0.2, 0.25) is 0 Å². The standard InChI is InChI=1S/C8H7BrF3NO/c9-4-6(14)7-5(8(10,11)12)2-1-3-13-7/h1-3,6,14H,4H2/t6-/m0/s1. The van der Waals surface area contributed by atoms with Gasteiger partial charge in [-0.2, -0.15) is 13.2 Å². The lowest BCUT2D eigenvalue weighted by molar-refractivity contribution is -0.139. The molecule has 0 saturated heterocycles. The van der Waals surface area contributed by atoms with Crippen molar-refractivity contribution in [3.05, 3.63) is 29.6 Å². The first-order chi connectivity index (χ1) is 6.46. The lowest BCUT2D eigenvalue weighted by atomic mass is 10.1. The zero-order valence-electron chi connectivity index (χ0n) is 6.92. The van der Waals surface area contributed by atoms with Gasteiger partial charge in [0.1, 0.15) is 6.10 Å². The van der Waals surface area contributed by atoms with Gasteiger partial charge in [-0.15, -0.1) is 0 Å². The number of aromatic nitrogens is 1. The molecule has 0 bridgehead atoms. The van der Waals surface area contributed by atoms with Gasteiger partial charge < -0.3 is 5.11 Å². The van der Waals surface area contributed by atoms with Crippen LogP contribution in [0.15, 0.2) is 18.3 Å². The van der Waals surface area contributed by atoms with Gasteiger partial charge in [0.2, 0.25) is 0 Å². The van der Waals surface area contributed by atoms with Crippen LogP contribution < -0.4 is 0 Å². The molecule has 1 aromatic rings. The Labute approximate surface area is 86.9 Å². The van der Waals surface area contributed by atoms with Crippen molar-refractivity contribution in [2.24, 2.45) is 0 Å². The van der Waals surface area contributed by atoms with Crippen LogP contribution in [0, 0.1) is 0 Å². The first-order valence-electron chi connectivity index (χ1n) is 3.73. The van der Waals surface area contributed by atoms with Gasteiger partial charge in [-0.05, 0) is 12.1 Å². The van der Waals surface area contributed by atoms with Gasteiger partial charge >= 0.3 is 6.18 Å². The van der Waals surface area contributed by atoms with Gasteiger partial charge in [0.25, 0.3) is 0 Å². The maximum absolute atomic E-state index is 12.4. The summed E-state index contributed by atoms with van der Waals surface area (Å²) in [5.41, 5.74) is -1.25. The molecule has 0 aliphatic heterocycles. The average molecular weight is 270 g/mol. The molecule has 78 valence electrons. The summed E-state index contributed by atoms with van der Waals surface area (Å²) < 4.78 is 37.1. The molecule has 0 amide bonds. The third-order valence-electron chi connectivity index (χ3n) is 1.61. The Morgan fingerprint density at radius 1 is 1.50 bits per heavy atom. The summed E-state index contributed by atoms with van der Waals surface area (Å²) in [6, 6.07) is 2.08. The Morgan fingerprint density at radius 2 is 2.14 bits per heavy atom. The molecule has 0 aliphatic carbocycles. The van der Waals surface area contributed by atoms with Gasteiger partial charge in [-0.3, -0.25) is 4.98 Å². The van der Waals surface area contributed by atoms with Crippen LogP contribution in [-0.2, 0) is 6.18 Å². The van der Waals surface area contributed by atoms with Crippen molar-refractivity contribution in [2.45, 2.75) is 12.3 Å². The molecular weight excluding hydrogens is 263 g/mol. The van der Waals surface area contributed by atoms with Crippen molar-refractivity contribution < 1.29 is 18.3 Å². The fraction of sp³-hybridized carbons (Fsp3) is 0.375. The molecule has 0 spiro atoms. The molecule has 0 radical (unpaired) electrons. The average Bonchev–Trinajstić information content (AvgIpc) is 2.15. The number of aliphatic hydroxyl groups excluding tert-OH is 1. The van der Waals surface area contributed by atoms with E-state index >= 15 is 0 Å². The number of pyridine rings is 1. The minimum Gasteiger partial charge on any atom is -0.386 e. The molecule has 1 rings (SSSR count). The molecule has 0 unspecified atom stereocenters. The normalized spacial score (nSPS) is 14.1. The third-order valence-corrected chi connectivity index (χ3v) is 2.22. The zero-order valence-corrected chi connectivity index (χ0v) is 8.51. The van der Waals surface area contributed by atoms with Crippen LogP contribution in [0.5, 0.6) is 0 Å². The first-order valence-corrected chi connectivity index (χ1v) is 4.85. The minimum absolute atomic E-state index is 0.0209. The van der Waals surface area contributed by atoms with Crippen molar-refractivity contribution in [3.63, 3.8) is 0 Å². The molecule has 0 aromatic carbocycles.